The fourth-order valence-electron chi connectivity index (χ4n) is 1.97. The van der Waals surface area contributed by atoms with Crippen LogP contribution in [0, 0.1) is 11.7 Å². The average molecular weight is 278 g/mol. The molecule has 0 saturated heterocycles. The zero-order valence-corrected chi connectivity index (χ0v) is 11.2. The maximum Gasteiger partial charge on any atom is 0.352 e. The van der Waals surface area contributed by atoms with Crippen LogP contribution in [0.4, 0.5) is 4.39 Å². The Morgan fingerprint density at radius 2 is 2.10 bits per heavy atom. The highest BCUT2D eigenvalue weighted by Gasteiger charge is 2.18. The minimum atomic E-state index is -1.14. The number of hydrogen-bond donors (Lipinski definition) is 3. The van der Waals surface area contributed by atoms with E-state index in [0.29, 0.717) is 16.5 Å². The van der Waals surface area contributed by atoms with Crippen molar-refractivity contribution in [2.45, 2.75) is 20.4 Å². The molecule has 1 heterocycles. The second-order valence-electron chi connectivity index (χ2n) is 4.85. The van der Waals surface area contributed by atoms with Crippen LogP contribution < -0.4 is 5.32 Å². The fraction of sp³-hybridized carbons (Fsp3) is 0.286. The van der Waals surface area contributed by atoms with Gasteiger partial charge in [-0.1, -0.05) is 13.8 Å². The standard InChI is InChI=1S/C14H15FN2O3/c1-7(2)13(18)16-6-10-9-5-8(15)3-4-11(9)17-12(10)14(19)20/h3-5,7,17H,6H2,1-2H3,(H,16,18)(H,19,20). The van der Waals surface area contributed by atoms with E-state index in [9.17, 15) is 19.1 Å². The van der Waals surface area contributed by atoms with E-state index in [2.05, 4.69) is 10.3 Å². The number of carboxylic acid groups (broad SMARTS) is 1. The van der Waals surface area contributed by atoms with Gasteiger partial charge in [-0.15, -0.1) is 0 Å². The van der Waals surface area contributed by atoms with Gasteiger partial charge in [0.15, 0.2) is 0 Å². The number of halogens is 1. The molecule has 106 valence electrons. The molecule has 6 heteroatoms. The normalized spacial score (nSPS) is 11.0. The molecule has 0 atom stereocenters. The lowest BCUT2D eigenvalue weighted by Gasteiger charge is -2.07. The van der Waals surface area contributed by atoms with Gasteiger partial charge < -0.3 is 15.4 Å². The monoisotopic (exact) mass is 278 g/mol. The molecule has 0 saturated carbocycles. The minimum absolute atomic E-state index is 0.0327. The highest BCUT2D eigenvalue weighted by Crippen LogP contribution is 2.23. The number of rotatable bonds is 4. The molecule has 0 spiro atoms. The van der Waals surface area contributed by atoms with Gasteiger partial charge in [-0.3, -0.25) is 4.79 Å². The van der Waals surface area contributed by atoms with Crippen LogP contribution in [0.3, 0.4) is 0 Å². The zero-order chi connectivity index (χ0) is 14.9. The van der Waals surface area contributed by atoms with Gasteiger partial charge in [0.2, 0.25) is 5.91 Å². The number of benzene rings is 1. The number of amides is 1. The first kappa shape index (κ1) is 14.0. The van der Waals surface area contributed by atoms with E-state index in [4.69, 9.17) is 0 Å². The SMILES string of the molecule is CC(C)C(=O)NCc1c(C(=O)O)[nH]c2ccc(F)cc12. The summed E-state index contributed by atoms with van der Waals surface area (Å²) in [6, 6.07) is 3.99. The minimum Gasteiger partial charge on any atom is -0.477 e. The Balaban J connectivity index is 2.43. The van der Waals surface area contributed by atoms with Gasteiger partial charge in [-0.25, -0.2) is 9.18 Å². The lowest BCUT2D eigenvalue weighted by atomic mass is 10.1. The van der Waals surface area contributed by atoms with E-state index < -0.39 is 11.8 Å². The van der Waals surface area contributed by atoms with Crippen LogP contribution in [0.15, 0.2) is 18.2 Å². The maximum atomic E-state index is 13.3. The summed E-state index contributed by atoms with van der Waals surface area (Å²) in [5, 5.41) is 12.3. The first-order valence-electron chi connectivity index (χ1n) is 6.21. The quantitative estimate of drug-likeness (QED) is 0.802. The van der Waals surface area contributed by atoms with E-state index in [1.807, 2.05) is 0 Å². The Kier molecular flexibility index (Phi) is 3.74. The number of carbonyl (C=O) groups excluding carboxylic acids is 1. The van der Waals surface area contributed by atoms with Crippen molar-refractivity contribution >= 4 is 22.8 Å². The van der Waals surface area contributed by atoms with Crippen LogP contribution in [0.1, 0.15) is 29.9 Å². The Bertz CT molecular complexity index is 676. The first-order chi connectivity index (χ1) is 9.40. The number of H-pyrrole nitrogens is 1. The molecule has 1 amide bonds. The fourth-order valence-corrected chi connectivity index (χ4v) is 1.97. The lowest BCUT2D eigenvalue weighted by Crippen LogP contribution is -2.27. The van der Waals surface area contributed by atoms with Crippen LogP contribution in [-0.4, -0.2) is 22.0 Å². The number of nitrogens with one attached hydrogen (secondary N) is 2. The van der Waals surface area contributed by atoms with Crippen molar-refractivity contribution in [2.75, 3.05) is 0 Å². The van der Waals surface area contributed by atoms with E-state index in [1.165, 1.54) is 18.2 Å². The van der Waals surface area contributed by atoms with Crippen molar-refractivity contribution in [2.24, 2.45) is 5.92 Å². The molecule has 1 aromatic carbocycles. The van der Waals surface area contributed by atoms with E-state index in [0.717, 1.165) is 0 Å². The van der Waals surface area contributed by atoms with Crippen molar-refractivity contribution in [3.8, 4) is 0 Å². The Morgan fingerprint density at radius 3 is 2.70 bits per heavy atom. The summed E-state index contributed by atoms with van der Waals surface area (Å²) in [6.45, 7) is 3.52. The molecule has 0 aliphatic heterocycles. The number of hydrogen-bond acceptors (Lipinski definition) is 2. The van der Waals surface area contributed by atoms with E-state index in [1.54, 1.807) is 13.8 Å². The number of aromatic amines is 1. The van der Waals surface area contributed by atoms with E-state index in [-0.39, 0.29) is 24.1 Å². The summed E-state index contributed by atoms with van der Waals surface area (Å²) in [5.41, 5.74) is 0.869. The molecule has 0 radical (unpaired) electrons. The third kappa shape index (κ3) is 2.64. The van der Waals surface area contributed by atoms with Gasteiger partial charge in [-0.05, 0) is 18.2 Å². The highest BCUT2D eigenvalue weighted by atomic mass is 19.1. The third-order valence-electron chi connectivity index (χ3n) is 3.05. The smallest absolute Gasteiger partial charge is 0.352 e. The maximum absolute atomic E-state index is 13.3. The molecular weight excluding hydrogens is 263 g/mol. The number of aromatic carboxylic acids is 1. The summed E-state index contributed by atoms with van der Waals surface area (Å²) >= 11 is 0. The number of carbonyl (C=O) groups is 2. The molecule has 2 aromatic rings. The van der Waals surface area contributed by atoms with Gasteiger partial charge in [0.25, 0.3) is 0 Å². The van der Waals surface area contributed by atoms with Crippen LogP contribution in [0.5, 0.6) is 0 Å². The summed E-state index contributed by atoms with van der Waals surface area (Å²) in [5.74, 6) is -1.99. The van der Waals surface area contributed by atoms with Crippen molar-refractivity contribution in [3.05, 3.63) is 35.3 Å². The van der Waals surface area contributed by atoms with Crippen LogP contribution >= 0.6 is 0 Å². The number of fused-ring (bicyclic) bond motifs is 1. The predicted molar refractivity (Wildman–Crippen MR) is 71.9 cm³/mol. The molecule has 0 aliphatic rings. The zero-order valence-electron chi connectivity index (χ0n) is 11.2. The largest absolute Gasteiger partial charge is 0.477 e. The molecule has 0 unspecified atom stereocenters. The summed E-state index contributed by atoms with van der Waals surface area (Å²) in [6.07, 6.45) is 0. The molecule has 0 bridgehead atoms. The molecule has 0 fully saturated rings. The number of carboxylic acids is 1. The van der Waals surface area contributed by atoms with Gasteiger partial charge in [0.05, 0.1) is 0 Å². The Labute approximate surface area is 114 Å². The second-order valence-corrected chi connectivity index (χ2v) is 4.85. The summed E-state index contributed by atoms with van der Waals surface area (Å²) < 4.78 is 13.3. The first-order valence-corrected chi connectivity index (χ1v) is 6.21. The Hall–Kier alpha value is -2.37. The molecule has 5 nitrogen and oxygen atoms in total. The molecule has 0 aliphatic carbocycles. The third-order valence-corrected chi connectivity index (χ3v) is 3.05. The lowest BCUT2D eigenvalue weighted by molar-refractivity contribution is -0.124. The van der Waals surface area contributed by atoms with Crippen LogP contribution in [0.25, 0.3) is 10.9 Å². The highest BCUT2D eigenvalue weighted by molar-refractivity contribution is 5.97. The van der Waals surface area contributed by atoms with Crippen molar-refractivity contribution in [1.82, 2.24) is 10.3 Å². The van der Waals surface area contributed by atoms with Gasteiger partial charge in [0.1, 0.15) is 11.5 Å². The predicted octanol–water partition coefficient (Wildman–Crippen LogP) is 2.28. The van der Waals surface area contributed by atoms with Gasteiger partial charge in [0, 0.05) is 28.9 Å². The molecule has 2 rings (SSSR count). The average Bonchev–Trinajstić information content (AvgIpc) is 2.73. The molecular formula is C14H15FN2O3. The topological polar surface area (TPSA) is 82.2 Å². The molecule has 20 heavy (non-hydrogen) atoms. The number of aromatic nitrogens is 1. The van der Waals surface area contributed by atoms with Crippen molar-refractivity contribution in [3.63, 3.8) is 0 Å². The van der Waals surface area contributed by atoms with Gasteiger partial charge >= 0.3 is 5.97 Å². The molecule has 1 aromatic heterocycles. The molecule has 3 N–H and O–H groups in total. The second kappa shape index (κ2) is 5.32. The van der Waals surface area contributed by atoms with E-state index >= 15 is 0 Å². The van der Waals surface area contributed by atoms with Crippen LogP contribution in [0.2, 0.25) is 0 Å². The summed E-state index contributed by atoms with van der Waals surface area (Å²) in [7, 11) is 0. The van der Waals surface area contributed by atoms with Gasteiger partial charge in [-0.2, -0.15) is 0 Å². The Morgan fingerprint density at radius 1 is 1.40 bits per heavy atom. The van der Waals surface area contributed by atoms with Crippen molar-refractivity contribution < 1.29 is 19.1 Å². The van der Waals surface area contributed by atoms with Crippen molar-refractivity contribution in [1.29, 1.82) is 0 Å². The summed E-state index contributed by atoms with van der Waals surface area (Å²) in [4.78, 5) is 25.5. The van der Waals surface area contributed by atoms with Crippen LogP contribution in [-0.2, 0) is 11.3 Å².